The first-order valence-electron chi connectivity index (χ1n) is 12.1. The highest BCUT2D eigenvalue weighted by Gasteiger charge is 2.61. The molecule has 1 aromatic rings. The molecule has 6 rings (SSSR count). The zero-order valence-corrected chi connectivity index (χ0v) is 20.3. The number of carbonyl (C=O) groups is 1. The largest absolute Gasteiger partial charge is 0.294 e. The van der Waals surface area contributed by atoms with Crippen LogP contribution >= 0.6 is 23.5 Å². The van der Waals surface area contributed by atoms with Crippen molar-refractivity contribution < 1.29 is 4.79 Å². The molecule has 6 atom stereocenters. The molecule has 4 unspecified atom stereocenters. The summed E-state index contributed by atoms with van der Waals surface area (Å²) < 4.78 is 1.30. The summed E-state index contributed by atoms with van der Waals surface area (Å²) in [6.07, 6.45) is 12.0. The number of benzene rings is 1. The van der Waals surface area contributed by atoms with Crippen LogP contribution in [0, 0.1) is 41.4 Å². The number of hydrogen-bond donors (Lipinski definition) is 0. The van der Waals surface area contributed by atoms with Crippen molar-refractivity contribution in [3.05, 3.63) is 33.6 Å². The summed E-state index contributed by atoms with van der Waals surface area (Å²) in [4.78, 5) is 16.5. The van der Waals surface area contributed by atoms with Gasteiger partial charge in [0.15, 0.2) is 5.78 Å². The van der Waals surface area contributed by atoms with Gasteiger partial charge in [-0.05, 0) is 98.7 Å². The number of Topliss-reactive ketones (excluding diaryl/α,β-unsaturated/α-hetero) is 1. The highest BCUT2D eigenvalue weighted by Crippen LogP contribution is 2.67. The highest BCUT2D eigenvalue weighted by molar-refractivity contribution is 8.24. The van der Waals surface area contributed by atoms with Gasteiger partial charge in [0.1, 0.15) is 0 Å². The summed E-state index contributed by atoms with van der Waals surface area (Å²) in [7, 11) is 0. The predicted octanol–water partition coefficient (Wildman–Crippen LogP) is 8.02. The van der Waals surface area contributed by atoms with Gasteiger partial charge in [-0.25, -0.2) is 0 Å². The number of carbonyl (C=O) groups excluding carboxylic acids is 1. The van der Waals surface area contributed by atoms with E-state index >= 15 is 0 Å². The minimum atomic E-state index is -0.104. The number of hydrogen-bond acceptors (Lipinski definition) is 3. The van der Waals surface area contributed by atoms with Crippen LogP contribution < -0.4 is 0 Å². The van der Waals surface area contributed by atoms with Crippen LogP contribution in [0.25, 0.3) is 0 Å². The van der Waals surface area contributed by atoms with E-state index in [9.17, 15) is 4.79 Å². The number of rotatable bonds is 0. The van der Waals surface area contributed by atoms with Crippen LogP contribution in [0.2, 0.25) is 0 Å². The molecule has 0 amide bonds. The highest BCUT2D eigenvalue weighted by atomic mass is 32.2. The van der Waals surface area contributed by atoms with Crippen molar-refractivity contribution in [1.29, 1.82) is 0 Å². The predicted molar refractivity (Wildman–Crippen MR) is 127 cm³/mol. The first-order valence-corrected chi connectivity index (χ1v) is 13.8. The van der Waals surface area contributed by atoms with Gasteiger partial charge in [-0.1, -0.05) is 56.3 Å². The minimum Gasteiger partial charge on any atom is -0.294 e. The van der Waals surface area contributed by atoms with E-state index in [0.29, 0.717) is 17.1 Å². The molecule has 1 heterocycles. The smallest absolute Gasteiger partial charge is 0.166 e. The molecule has 5 aliphatic rings. The number of aryl methyl sites for hydroxylation is 1. The molecule has 3 heteroatoms. The van der Waals surface area contributed by atoms with Crippen molar-refractivity contribution in [3.8, 4) is 0 Å². The number of fused-ring (bicyclic) bond motifs is 6. The van der Waals surface area contributed by atoms with E-state index in [-0.39, 0.29) is 5.41 Å². The molecule has 4 fully saturated rings. The van der Waals surface area contributed by atoms with E-state index in [1.54, 1.807) is 0 Å². The van der Waals surface area contributed by atoms with Gasteiger partial charge in [0.25, 0.3) is 0 Å². The lowest BCUT2D eigenvalue weighted by Gasteiger charge is -2.59. The van der Waals surface area contributed by atoms with Gasteiger partial charge in [0, 0.05) is 20.8 Å². The standard InChI is InChI=1S/C27H34OS2/c1-16-7-10-22-23(14-16)30-25(29-22)19-15-21-18-9-8-17-6-4-5-12-26(17,2)20(18)11-13-27(21,3)24(19)28/h7,10,14,17-18,20-21H,4-6,8-9,11-13,15H2,1-3H3/b25-19-/t17?,18?,20?,21?,26-,27-/m1/s1. The molecular formula is C27H34OS2. The maximum atomic E-state index is 13.8. The topological polar surface area (TPSA) is 17.1 Å². The molecule has 0 radical (unpaired) electrons. The molecule has 1 aliphatic heterocycles. The van der Waals surface area contributed by atoms with Crippen LogP contribution in [0.4, 0.5) is 0 Å². The monoisotopic (exact) mass is 438 g/mol. The van der Waals surface area contributed by atoms with Gasteiger partial charge in [0.05, 0.1) is 4.24 Å². The molecule has 4 saturated carbocycles. The normalized spacial score (nSPS) is 45.0. The van der Waals surface area contributed by atoms with Crippen LogP contribution in [0.15, 0.2) is 37.8 Å². The first kappa shape index (κ1) is 20.0. The summed E-state index contributed by atoms with van der Waals surface area (Å²) in [5.41, 5.74) is 2.94. The molecule has 160 valence electrons. The van der Waals surface area contributed by atoms with E-state index in [2.05, 4.69) is 39.0 Å². The lowest BCUT2D eigenvalue weighted by Crippen LogP contribution is -2.52. The number of thioether (sulfide) groups is 2. The van der Waals surface area contributed by atoms with Crippen molar-refractivity contribution >= 4 is 29.3 Å². The Kier molecular flexibility index (Phi) is 4.60. The summed E-state index contributed by atoms with van der Waals surface area (Å²) in [5.74, 6) is 3.66. The van der Waals surface area contributed by atoms with Gasteiger partial charge in [0.2, 0.25) is 0 Å². The lowest BCUT2D eigenvalue weighted by molar-refractivity contribution is -0.137. The minimum absolute atomic E-state index is 0.104. The van der Waals surface area contributed by atoms with Crippen LogP contribution in [0.5, 0.6) is 0 Å². The zero-order valence-electron chi connectivity index (χ0n) is 18.6. The third-order valence-corrected chi connectivity index (χ3v) is 12.6. The lowest BCUT2D eigenvalue weighted by atomic mass is 9.45. The van der Waals surface area contributed by atoms with Gasteiger partial charge in [-0.2, -0.15) is 0 Å². The van der Waals surface area contributed by atoms with E-state index in [0.717, 1.165) is 30.6 Å². The van der Waals surface area contributed by atoms with Gasteiger partial charge in [-0.15, -0.1) is 0 Å². The Labute approximate surface area is 190 Å². The quantitative estimate of drug-likeness (QED) is 0.382. The summed E-state index contributed by atoms with van der Waals surface area (Å²) >= 11 is 3.72. The molecule has 4 aliphatic carbocycles. The SMILES string of the molecule is Cc1ccc2c(c1)S/C(=C1/CC3C4CCC5CCCC[C@@]5(C)C4CC[C@@]3(C)C1=O)S2. The molecule has 0 spiro atoms. The van der Waals surface area contributed by atoms with E-state index in [1.807, 2.05) is 23.5 Å². The Morgan fingerprint density at radius 3 is 2.63 bits per heavy atom. The summed E-state index contributed by atoms with van der Waals surface area (Å²) in [5, 5.41) is 0. The molecule has 0 aromatic heterocycles. The van der Waals surface area contributed by atoms with Crippen LogP contribution in [-0.4, -0.2) is 5.78 Å². The number of ketones is 1. The summed E-state index contributed by atoms with van der Waals surface area (Å²) in [6.45, 7) is 7.13. The maximum absolute atomic E-state index is 13.8. The Hall–Kier alpha value is -0.670. The Morgan fingerprint density at radius 2 is 1.77 bits per heavy atom. The average Bonchev–Trinajstić information content (AvgIpc) is 3.25. The molecule has 0 bridgehead atoms. The van der Waals surface area contributed by atoms with Gasteiger partial charge in [-0.3, -0.25) is 4.79 Å². The van der Waals surface area contributed by atoms with Crippen LogP contribution in [-0.2, 0) is 4.79 Å². The fraction of sp³-hybridized carbons (Fsp3) is 0.667. The Morgan fingerprint density at radius 1 is 0.933 bits per heavy atom. The van der Waals surface area contributed by atoms with Crippen molar-refractivity contribution in [2.45, 2.75) is 88.3 Å². The third-order valence-electron chi connectivity index (χ3n) is 9.94. The molecule has 1 nitrogen and oxygen atoms in total. The number of allylic oxidation sites excluding steroid dienone is 1. The molecule has 30 heavy (non-hydrogen) atoms. The molecule has 1 aromatic carbocycles. The van der Waals surface area contributed by atoms with Crippen LogP contribution in [0.1, 0.15) is 77.2 Å². The first-order chi connectivity index (χ1) is 14.4. The Balaban J connectivity index is 1.33. The van der Waals surface area contributed by atoms with E-state index in [1.165, 1.54) is 70.1 Å². The second kappa shape index (κ2) is 6.91. The summed E-state index contributed by atoms with van der Waals surface area (Å²) in [6, 6.07) is 6.73. The van der Waals surface area contributed by atoms with Gasteiger partial charge < -0.3 is 0 Å². The molecule has 0 N–H and O–H groups in total. The maximum Gasteiger partial charge on any atom is 0.166 e. The fourth-order valence-corrected chi connectivity index (χ4v) is 10.9. The second-order valence-corrected chi connectivity index (χ2v) is 13.7. The fourth-order valence-electron chi connectivity index (χ4n) is 8.23. The van der Waals surface area contributed by atoms with Crippen molar-refractivity contribution in [1.82, 2.24) is 0 Å². The third kappa shape index (κ3) is 2.73. The van der Waals surface area contributed by atoms with E-state index < -0.39 is 0 Å². The van der Waals surface area contributed by atoms with Gasteiger partial charge >= 0.3 is 0 Å². The van der Waals surface area contributed by atoms with E-state index in [4.69, 9.17) is 0 Å². The molecule has 0 saturated heterocycles. The van der Waals surface area contributed by atoms with Crippen molar-refractivity contribution in [2.75, 3.05) is 0 Å². The molecular weight excluding hydrogens is 404 g/mol. The zero-order chi connectivity index (χ0) is 20.7. The van der Waals surface area contributed by atoms with Crippen LogP contribution in [0.3, 0.4) is 0 Å². The van der Waals surface area contributed by atoms with Crippen molar-refractivity contribution in [3.63, 3.8) is 0 Å². The second-order valence-electron chi connectivity index (χ2n) is 11.3. The van der Waals surface area contributed by atoms with Crippen molar-refractivity contribution in [2.24, 2.45) is 34.5 Å². The Bertz CT molecular complexity index is 948. The average molecular weight is 439 g/mol.